The minimum Gasteiger partial charge on any atom is -0.354 e. The first kappa shape index (κ1) is 18.7. The highest BCUT2D eigenvalue weighted by molar-refractivity contribution is 9.11. The zero-order chi connectivity index (χ0) is 18.5. The molecule has 0 aliphatic rings. The Hall–Kier alpha value is -2.12. The number of halogens is 1. The van der Waals surface area contributed by atoms with Crippen molar-refractivity contribution in [1.82, 2.24) is 15.2 Å². The molecule has 1 atom stereocenters. The third-order valence-electron chi connectivity index (χ3n) is 4.09. The summed E-state index contributed by atoms with van der Waals surface area (Å²) >= 11 is 4.67. The van der Waals surface area contributed by atoms with Gasteiger partial charge in [-0.3, -0.25) is 9.59 Å². The highest BCUT2D eigenvalue weighted by Crippen LogP contribution is 2.21. The molecule has 0 fully saturated rings. The molecule has 2 amide bonds. The van der Waals surface area contributed by atoms with E-state index in [9.17, 15) is 9.59 Å². The summed E-state index contributed by atoms with van der Waals surface area (Å²) in [6.45, 7) is 3.09. The minimum absolute atomic E-state index is 0.175. The summed E-state index contributed by atoms with van der Waals surface area (Å²) in [7, 11) is 0. The molecule has 3 aromatic rings. The molecule has 0 aliphatic heterocycles. The molecule has 0 aliphatic carbocycles. The number of hydrogen-bond donors (Lipinski definition) is 2. The fourth-order valence-corrected chi connectivity index (χ4v) is 4.01. The number of thiophene rings is 1. The number of hydrogen-bond acceptors (Lipinski definition) is 3. The van der Waals surface area contributed by atoms with E-state index < -0.39 is 6.04 Å². The topological polar surface area (TPSA) is 63.1 Å². The molecule has 5 nitrogen and oxygen atoms in total. The maximum Gasteiger partial charge on any atom is 0.262 e. The number of carbonyl (C=O) groups is 2. The maximum absolute atomic E-state index is 12.2. The van der Waals surface area contributed by atoms with E-state index in [0.717, 1.165) is 16.8 Å². The van der Waals surface area contributed by atoms with Gasteiger partial charge in [0.25, 0.3) is 5.91 Å². The Kier molecular flexibility index (Phi) is 6.11. The zero-order valence-electron chi connectivity index (χ0n) is 14.4. The molecular formula is C19H20BrN3O2S. The minimum atomic E-state index is -0.573. The molecule has 0 saturated heterocycles. The van der Waals surface area contributed by atoms with Crippen LogP contribution in [0.25, 0.3) is 10.9 Å². The Labute approximate surface area is 164 Å². The third-order valence-corrected chi connectivity index (χ3v) is 5.72. The van der Waals surface area contributed by atoms with E-state index >= 15 is 0 Å². The van der Waals surface area contributed by atoms with Crippen molar-refractivity contribution in [3.8, 4) is 0 Å². The lowest BCUT2D eigenvalue weighted by Gasteiger charge is -2.14. The van der Waals surface area contributed by atoms with E-state index in [0.29, 0.717) is 11.4 Å². The number of aromatic nitrogens is 1. The SMILES string of the molecule is CC(NC(=O)c1ccc(Br)s1)C(=O)NCCCn1ccc2ccccc21. The Balaban J connectivity index is 1.42. The monoisotopic (exact) mass is 433 g/mol. The Morgan fingerprint density at radius 3 is 2.77 bits per heavy atom. The van der Waals surface area contributed by atoms with Gasteiger partial charge in [0.15, 0.2) is 0 Å². The van der Waals surface area contributed by atoms with Crippen LogP contribution in [-0.4, -0.2) is 29.0 Å². The van der Waals surface area contributed by atoms with Gasteiger partial charge in [-0.2, -0.15) is 0 Å². The van der Waals surface area contributed by atoms with Gasteiger partial charge in [0.1, 0.15) is 6.04 Å². The van der Waals surface area contributed by atoms with Gasteiger partial charge in [0, 0.05) is 24.8 Å². The van der Waals surface area contributed by atoms with Crippen LogP contribution in [0, 0.1) is 0 Å². The number of rotatable bonds is 7. The number of nitrogens with zero attached hydrogens (tertiary/aromatic N) is 1. The Bertz CT molecular complexity index is 918. The van der Waals surface area contributed by atoms with Gasteiger partial charge in [0.2, 0.25) is 5.91 Å². The Morgan fingerprint density at radius 1 is 1.19 bits per heavy atom. The molecule has 0 bridgehead atoms. The fraction of sp³-hybridized carbons (Fsp3) is 0.263. The van der Waals surface area contributed by atoms with E-state index in [2.05, 4.69) is 55.5 Å². The molecule has 2 aromatic heterocycles. The summed E-state index contributed by atoms with van der Waals surface area (Å²) in [5.74, 6) is -0.409. The van der Waals surface area contributed by atoms with Crippen LogP contribution in [0.3, 0.4) is 0 Å². The average molecular weight is 434 g/mol. The summed E-state index contributed by atoms with van der Waals surface area (Å²) in [6.07, 6.45) is 2.89. The molecule has 1 aromatic carbocycles. The smallest absolute Gasteiger partial charge is 0.262 e. The normalized spacial score (nSPS) is 12.1. The number of amides is 2. The van der Waals surface area contributed by atoms with Crippen LogP contribution in [0.1, 0.15) is 23.0 Å². The second kappa shape index (κ2) is 8.51. The van der Waals surface area contributed by atoms with Crippen molar-refractivity contribution in [2.45, 2.75) is 25.9 Å². The quantitative estimate of drug-likeness (QED) is 0.556. The lowest BCUT2D eigenvalue weighted by Crippen LogP contribution is -2.45. The van der Waals surface area contributed by atoms with Crippen LogP contribution in [0.2, 0.25) is 0 Å². The highest BCUT2D eigenvalue weighted by Gasteiger charge is 2.17. The van der Waals surface area contributed by atoms with Gasteiger partial charge in [0.05, 0.1) is 8.66 Å². The van der Waals surface area contributed by atoms with Crippen LogP contribution in [0.4, 0.5) is 0 Å². The van der Waals surface area contributed by atoms with Crippen LogP contribution in [0.5, 0.6) is 0 Å². The van der Waals surface area contributed by atoms with Gasteiger partial charge in [-0.1, -0.05) is 18.2 Å². The highest BCUT2D eigenvalue weighted by atomic mass is 79.9. The van der Waals surface area contributed by atoms with E-state index in [1.165, 1.54) is 22.2 Å². The number of aryl methyl sites for hydroxylation is 1. The summed E-state index contributed by atoms with van der Waals surface area (Å²) in [6, 6.07) is 13.3. The van der Waals surface area contributed by atoms with E-state index in [-0.39, 0.29) is 11.8 Å². The van der Waals surface area contributed by atoms with Crippen molar-refractivity contribution >= 4 is 50.0 Å². The summed E-state index contributed by atoms with van der Waals surface area (Å²) in [4.78, 5) is 24.8. The Morgan fingerprint density at radius 2 is 2.00 bits per heavy atom. The number of carbonyl (C=O) groups excluding carboxylic acids is 2. The number of fused-ring (bicyclic) bond motifs is 1. The maximum atomic E-state index is 12.2. The van der Waals surface area contributed by atoms with Crippen molar-refractivity contribution in [2.24, 2.45) is 0 Å². The van der Waals surface area contributed by atoms with Crippen molar-refractivity contribution in [3.05, 3.63) is 57.3 Å². The molecule has 7 heteroatoms. The first-order valence-electron chi connectivity index (χ1n) is 8.42. The molecule has 0 radical (unpaired) electrons. The van der Waals surface area contributed by atoms with Crippen LogP contribution >= 0.6 is 27.3 Å². The molecule has 3 rings (SSSR count). The average Bonchev–Trinajstić information content (AvgIpc) is 3.25. The van der Waals surface area contributed by atoms with Gasteiger partial charge < -0.3 is 15.2 Å². The van der Waals surface area contributed by atoms with Crippen molar-refractivity contribution in [1.29, 1.82) is 0 Å². The standard InChI is InChI=1S/C19H20BrN3O2S/c1-13(22-19(25)16-7-8-17(20)26-16)18(24)21-10-4-11-23-12-9-14-5-2-3-6-15(14)23/h2-3,5-9,12-13H,4,10-11H2,1H3,(H,21,24)(H,22,25). The van der Waals surface area contributed by atoms with Crippen LogP contribution in [-0.2, 0) is 11.3 Å². The van der Waals surface area contributed by atoms with Crippen molar-refractivity contribution < 1.29 is 9.59 Å². The van der Waals surface area contributed by atoms with E-state index in [4.69, 9.17) is 0 Å². The number of para-hydroxylation sites is 1. The first-order valence-corrected chi connectivity index (χ1v) is 10.0. The predicted octanol–water partition coefficient (Wildman–Crippen LogP) is 3.79. The van der Waals surface area contributed by atoms with Crippen LogP contribution in [0.15, 0.2) is 52.4 Å². The van der Waals surface area contributed by atoms with Gasteiger partial charge in [-0.25, -0.2) is 0 Å². The second-order valence-electron chi connectivity index (χ2n) is 6.01. The number of nitrogens with one attached hydrogen (secondary N) is 2. The van der Waals surface area contributed by atoms with E-state index in [1.54, 1.807) is 13.0 Å². The molecule has 136 valence electrons. The molecule has 2 N–H and O–H groups in total. The molecule has 0 saturated carbocycles. The molecule has 1 unspecified atom stereocenters. The van der Waals surface area contributed by atoms with Crippen LogP contribution < -0.4 is 10.6 Å². The molecular weight excluding hydrogens is 414 g/mol. The molecule has 2 heterocycles. The van der Waals surface area contributed by atoms with E-state index in [1.807, 2.05) is 18.2 Å². The summed E-state index contributed by atoms with van der Waals surface area (Å²) < 4.78 is 3.07. The van der Waals surface area contributed by atoms with Gasteiger partial charge in [-0.05, 0) is 58.9 Å². The second-order valence-corrected chi connectivity index (χ2v) is 8.47. The van der Waals surface area contributed by atoms with Gasteiger partial charge >= 0.3 is 0 Å². The summed E-state index contributed by atoms with van der Waals surface area (Å²) in [5, 5.41) is 6.82. The number of benzene rings is 1. The summed E-state index contributed by atoms with van der Waals surface area (Å²) in [5.41, 5.74) is 1.20. The van der Waals surface area contributed by atoms with Gasteiger partial charge in [-0.15, -0.1) is 11.3 Å². The largest absolute Gasteiger partial charge is 0.354 e. The predicted molar refractivity (Wildman–Crippen MR) is 109 cm³/mol. The fourth-order valence-electron chi connectivity index (χ4n) is 2.72. The lowest BCUT2D eigenvalue weighted by molar-refractivity contribution is -0.122. The third kappa shape index (κ3) is 4.53. The molecule has 0 spiro atoms. The van der Waals surface area contributed by atoms with Crippen molar-refractivity contribution in [2.75, 3.05) is 6.54 Å². The molecule has 26 heavy (non-hydrogen) atoms. The first-order chi connectivity index (χ1) is 12.5. The zero-order valence-corrected chi connectivity index (χ0v) is 16.8. The lowest BCUT2D eigenvalue weighted by atomic mass is 10.2. The van der Waals surface area contributed by atoms with Crippen molar-refractivity contribution in [3.63, 3.8) is 0 Å².